The maximum atomic E-state index is 11.7. The highest BCUT2D eigenvalue weighted by atomic mass is 16.3. The summed E-state index contributed by atoms with van der Waals surface area (Å²) in [5.74, 6) is 0.344. The van der Waals surface area contributed by atoms with Crippen LogP contribution in [-0.4, -0.2) is 41.2 Å². The second kappa shape index (κ2) is 13.8. The van der Waals surface area contributed by atoms with E-state index in [9.17, 15) is 4.79 Å². The summed E-state index contributed by atoms with van der Waals surface area (Å²) in [7, 11) is 1.76. The number of anilines is 1. The molecule has 0 saturated heterocycles. The second-order valence-electron chi connectivity index (χ2n) is 5.73. The van der Waals surface area contributed by atoms with Crippen LogP contribution in [0.1, 0.15) is 29.8 Å². The second-order valence-corrected chi connectivity index (χ2v) is 5.73. The van der Waals surface area contributed by atoms with Crippen LogP contribution in [0.15, 0.2) is 66.9 Å². The zero-order valence-electron chi connectivity index (χ0n) is 17.5. The van der Waals surface area contributed by atoms with Crippen LogP contribution >= 0.6 is 0 Å². The van der Waals surface area contributed by atoms with E-state index in [0.29, 0.717) is 11.5 Å². The minimum atomic E-state index is -0.204. The molecular formula is C23H30N4O2. The smallest absolute Gasteiger partial charge is 0.251 e. The van der Waals surface area contributed by atoms with Crippen LogP contribution in [0.25, 0.3) is 11.3 Å². The van der Waals surface area contributed by atoms with Gasteiger partial charge in [-0.15, -0.1) is 0 Å². The number of carbonyl (C=O) groups is 1. The van der Waals surface area contributed by atoms with Gasteiger partial charge in [0.2, 0.25) is 5.95 Å². The summed E-state index contributed by atoms with van der Waals surface area (Å²) in [5.41, 5.74) is 3.56. The van der Waals surface area contributed by atoms with Crippen LogP contribution in [0.3, 0.4) is 0 Å². The molecule has 0 fully saturated rings. The SMILES string of the molecule is CC.CNc1nccc(-c2ccc(C(=O)NCCO)cc2)n1.Cc1ccccc1. The number of hydrogen-bond donors (Lipinski definition) is 3. The lowest BCUT2D eigenvalue weighted by Gasteiger charge is -2.06. The Labute approximate surface area is 173 Å². The number of aliphatic hydroxyl groups is 1. The van der Waals surface area contributed by atoms with E-state index < -0.39 is 0 Å². The molecule has 6 heteroatoms. The molecule has 2 aromatic carbocycles. The summed E-state index contributed by atoms with van der Waals surface area (Å²) in [6.45, 7) is 6.26. The molecule has 29 heavy (non-hydrogen) atoms. The minimum Gasteiger partial charge on any atom is -0.395 e. The van der Waals surface area contributed by atoms with Gasteiger partial charge >= 0.3 is 0 Å². The van der Waals surface area contributed by atoms with Gasteiger partial charge in [0.05, 0.1) is 12.3 Å². The standard InChI is InChI=1S/C14H16N4O2.C7H8.C2H6/c1-15-14-17-7-6-12(18-14)10-2-4-11(5-3-10)13(20)16-8-9-19;1-7-5-3-2-4-6-7;1-2/h2-7,19H,8-9H2,1H3,(H,16,20)(H,15,17,18);2-6H,1H3;1-2H3. The molecular weight excluding hydrogens is 364 g/mol. The van der Waals surface area contributed by atoms with Gasteiger partial charge in [0.15, 0.2) is 0 Å². The number of nitrogens with zero attached hydrogens (tertiary/aromatic N) is 2. The number of aliphatic hydroxyl groups excluding tert-OH is 1. The van der Waals surface area contributed by atoms with Gasteiger partial charge in [-0.25, -0.2) is 9.97 Å². The third kappa shape index (κ3) is 8.53. The van der Waals surface area contributed by atoms with Crippen LogP contribution in [-0.2, 0) is 0 Å². The highest BCUT2D eigenvalue weighted by Crippen LogP contribution is 2.18. The minimum absolute atomic E-state index is 0.0719. The van der Waals surface area contributed by atoms with Gasteiger partial charge in [-0.1, -0.05) is 61.9 Å². The zero-order valence-corrected chi connectivity index (χ0v) is 17.5. The van der Waals surface area contributed by atoms with E-state index in [2.05, 4.69) is 39.7 Å². The van der Waals surface area contributed by atoms with Crippen LogP contribution in [0.5, 0.6) is 0 Å². The lowest BCUT2D eigenvalue weighted by atomic mass is 10.1. The fraction of sp³-hybridized carbons (Fsp3) is 0.261. The van der Waals surface area contributed by atoms with Crippen molar-refractivity contribution in [2.75, 3.05) is 25.5 Å². The van der Waals surface area contributed by atoms with Crippen molar-refractivity contribution >= 4 is 11.9 Å². The van der Waals surface area contributed by atoms with Gasteiger partial charge in [-0.3, -0.25) is 4.79 Å². The largest absolute Gasteiger partial charge is 0.395 e. The third-order valence-corrected chi connectivity index (χ3v) is 3.66. The number of nitrogens with one attached hydrogen (secondary N) is 2. The molecule has 0 bridgehead atoms. The first kappa shape index (κ1) is 23.8. The first-order chi connectivity index (χ1) is 14.1. The number of aromatic nitrogens is 2. The van der Waals surface area contributed by atoms with Crippen LogP contribution in [0.4, 0.5) is 5.95 Å². The highest BCUT2D eigenvalue weighted by Gasteiger charge is 2.06. The lowest BCUT2D eigenvalue weighted by Crippen LogP contribution is -2.26. The van der Waals surface area contributed by atoms with E-state index in [0.717, 1.165) is 11.3 Å². The first-order valence-corrected chi connectivity index (χ1v) is 9.66. The van der Waals surface area contributed by atoms with Crippen molar-refractivity contribution in [1.29, 1.82) is 0 Å². The molecule has 1 aromatic heterocycles. The Balaban J connectivity index is 0.000000390. The Bertz CT molecular complexity index is 837. The predicted octanol–water partition coefficient (Wildman–Crippen LogP) is 3.93. The fourth-order valence-electron chi connectivity index (χ4n) is 2.24. The van der Waals surface area contributed by atoms with Crippen molar-refractivity contribution in [2.24, 2.45) is 0 Å². The molecule has 1 amide bonds. The van der Waals surface area contributed by atoms with E-state index in [4.69, 9.17) is 5.11 Å². The molecule has 0 aliphatic carbocycles. The number of benzene rings is 2. The summed E-state index contributed by atoms with van der Waals surface area (Å²) >= 11 is 0. The topological polar surface area (TPSA) is 87.1 Å². The van der Waals surface area contributed by atoms with Gasteiger partial charge in [0.25, 0.3) is 5.91 Å². The highest BCUT2D eigenvalue weighted by molar-refractivity contribution is 5.94. The summed E-state index contributed by atoms with van der Waals surface area (Å²) in [6.07, 6.45) is 1.68. The summed E-state index contributed by atoms with van der Waals surface area (Å²) in [5, 5.41) is 14.2. The summed E-state index contributed by atoms with van der Waals surface area (Å²) < 4.78 is 0. The molecule has 0 saturated carbocycles. The van der Waals surface area contributed by atoms with Gasteiger partial charge < -0.3 is 15.7 Å². The normalized spacial score (nSPS) is 9.28. The van der Waals surface area contributed by atoms with E-state index in [1.54, 1.807) is 25.4 Å². The van der Waals surface area contributed by atoms with Crippen LogP contribution in [0, 0.1) is 6.92 Å². The van der Waals surface area contributed by atoms with Crippen molar-refractivity contribution in [3.05, 3.63) is 78.0 Å². The Morgan fingerprint density at radius 2 is 1.66 bits per heavy atom. The molecule has 0 unspecified atom stereocenters. The zero-order chi connectivity index (χ0) is 21.5. The van der Waals surface area contributed by atoms with Gasteiger partial charge in [0, 0.05) is 30.9 Å². The van der Waals surface area contributed by atoms with Crippen molar-refractivity contribution in [1.82, 2.24) is 15.3 Å². The van der Waals surface area contributed by atoms with E-state index in [-0.39, 0.29) is 19.1 Å². The van der Waals surface area contributed by atoms with Gasteiger partial charge in [-0.2, -0.15) is 0 Å². The van der Waals surface area contributed by atoms with Crippen LogP contribution < -0.4 is 10.6 Å². The quantitative estimate of drug-likeness (QED) is 0.610. The molecule has 3 aromatic rings. The molecule has 6 nitrogen and oxygen atoms in total. The molecule has 3 N–H and O–H groups in total. The maximum Gasteiger partial charge on any atom is 0.251 e. The molecule has 0 radical (unpaired) electrons. The molecule has 3 rings (SSSR count). The Morgan fingerprint density at radius 3 is 2.17 bits per heavy atom. The average molecular weight is 395 g/mol. The Kier molecular flexibility index (Phi) is 11.4. The monoisotopic (exact) mass is 394 g/mol. The molecule has 1 heterocycles. The van der Waals surface area contributed by atoms with Crippen molar-refractivity contribution < 1.29 is 9.90 Å². The molecule has 0 spiro atoms. The van der Waals surface area contributed by atoms with E-state index >= 15 is 0 Å². The number of amides is 1. The Morgan fingerprint density at radius 1 is 1.00 bits per heavy atom. The van der Waals surface area contributed by atoms with E-state index in [1.807, 2.05) is 50.2 Å². The summed E-state index contributed by atoms with van der Waals surface area (Å²) in [4.78, 5) is 20.1. The predicted molar refractivity (Wildman–Crippen MR) is 119 cm³/mol. The number of hydrogen-bond acceptors (Lipinski definition) is 5. The van der Waals surface area contributed by atoms with Gasteiger partial charge in [0.1, 0.15) is 0 Å². The lowest BCUT2D eigenvalue weighted by molar-refractivity contribution is 0.0945. The molecule has 0 aliphatic rings. The molecule has 0 aliphatic heterocycles. The van der Waals surface area contributed by atoms with Crippen molar-refractivity contribution in [3.8, 4) is 11.3 Å². The van der Waals surface area contributed by atoms with E-state index in [1.165, 1.54) is 5.56 Å². The molecule has 154 valence electrons. The van der Waals surface area contributed by atoms with Crippen LogP contribution in [0.2, 0.25) is 0 Å². The van der Waals surface area contributed by atoms with Gasteiger partial charge in [-0.05, 0) is 25.1 Å². The average Bonchev–Trinajstić information content (AvgIpc) is 2.80. The number of aryl methyl sites for hydroxylation is 1. The first-order valence-electron chi connectivity index (χ1n) is 9.66. The fourth-order valence-corrected chi connectivity index (χ4v) is 2.24. The van der Waals surface area contributed by atoms with Crippen molar-refractivity contribution in [3.63, 3.8) is 0 Å². The van der Waals surface area contributed by atoms with Crippen molar-refractivity contribution in [2.45, 2.75) is 20.8 Å². The third-order valence-electron chi connectivity index (χ3n) is 3.66. The number of carbonyl (C=O) groups excluding carboxylic acids is 1. The molecule has 0 atom stereocenters. The Hall–Kier alpha value is -3.25. The number of rotatable bonds is 5. The maximum absolute atomic E-state index is 11.7. The summed E-state index contributed by atoms with van der Waals surface area (Å²) in [6, 6.07) is 19.2.